The maximum absolute atomic E-state index is 4.48. The van der Waals surface area contributed by atoms with Crippen molar-refractivity contribution in [2.45, 2.75) is 12.7 Å². The Morgan fingerprint density at radius 2 is 1.81 bits per heavy atom. The summed E-state index contributed by atoms with van der Waals surface area (Å²) in [4.78, 5) is 6.65. The highest BCUT2D eigenvalue weighted by molar-refractivity contribution is 5.74. The molecule has 0 saturated carbocycles. The third-order valence-corrected chi connectivity index (χ3v) is 4.53. The molecule has 4 aromatic rings. The number of aromatic nitrogens is 4. The molecule has 0 aliphatic heterocycles. The maximum Gasteiger partial charge on any atom is 0.134 e. The van der Waals surface area contributed by atoms with Gasteiger partial charge in [0.1, 0.15) is 11.7 Å². The Morgan fingerprint density at radius 1 is 1.00 bits per heavy atom. The molecular formula is C22H21N5. The lowest BCUT2D eigenvalue weighted by Crippen LogP contribution is -2.34. The van der Waals surface area contributed by atoms with Gasteiger partial charge in [0.15, 0.2) is 0 Å². The van der Waals surface area contributed by atoms with Crippen LogP contribution in [0.15, 0.2) is 91.8 Å². The van der Waals surface area contributed by atoms with E-state index in [4.69, 9.17) is 0 Å². The summed E-state index contributed by atoms with van der Waals surface area (Å²) in [6, 6.07) is 22.5. The topological polar surface area (TPSA) is 46.8 Å². The molecule has 0 fully saturated rings. The van der Waals surface area contributed by atoms with Gasteiger partial charge in [0.25, 0.3) is 0 Å². The molecule has 0 spiro atoms. The minimum absolute atomic E-state index is 0.135. The van der Waals surface area contributed by atoms with Crippen molar-refractivity contribution in [3.05, 3.63) is 103 Å². The number of hydrogen-bond acceptors (Lipinski definition) is 4. The largest absolute Gasteiger partial charge is 0.270 e. The minimum atomic E-state index is -0.135. The van der Waals surface area contributed by atoms with E-state index in [0.717, 1.165) is 23.1 Å². The number of nitrogens with zero attached hydrogens (tertiary/aromatic N) is 5. The SMILES string of the molecule is C=CCN(Cc1ccccc1)C(c1cccnc1)n1nnc2ccccc21. The summed E-state index contributed by atoms with van der Waals surface area (Å²) in [5.74, 6) is 0. The van der Waals surface area contributed by atoms with Gasteiger partial charge in [0.2, 0.25) is 0 Å². The predicted molar refractivity (Wildman–Crippen MR) is 107 cm³/mol. The van der Waals surface area contributed by atoms with Gasteiger partial charge in [-0.2, -0.15) is 0 Å². The van der Waals surface area contributed by atoms with Crippen LogP contribution in [0.25, 0.3) is 11.0 Å². The molecule has 0 bridgehead atoms. The zero-order chi connectivity index (χ0) is 18.5. The number of fused-ring (bicyclic) bond motifs is 1. The van der Waals surface area contributed by atoms with E-state index in [0.29, 0.717) is 6.54 Å². The number of hydrogen-bond donors (Lipinski definition) is 0. The number of benzene rings is 2. The Bertz CT molecular complexity index is 1010. The van der Waals surface area contributed by atoms with Gasteiger partial charge in [0.05, 0.1) is 5.52 Å². The van der Waals surface area contributed by atoms with Crippen LogP contribution in [0.2, 0.25) is 0 Å². The van der Waals surface area contributed by atoms with Crippen LogP contribution in [0.4, 0.5) is 0 Å². The molecule has 4 rings (SSSR count). The highest BCUT2D eigenvalue weighted by Gasteiger charge is 2.24. The van der Waals surface area contributed by atoms with Gasteiger partial charge in [-0.15, -0.1) is 11.7 Å². The van der Waals surface area contributed by atoms with Gasteiger partial charge in [-0.1, -0.05) is 59.8 Å². The summed E-state index contributed by atoms with van der Waals surface area (Å²) in [6.07, 6.45) is 5.46. The van der Waals surface area contributed by atoms with E-state index in [-0.39, 0.29) is 6.17 Å². The van der Waals surface area contributed by atoms with Gasteiger partial charge in [-0.25, -0.2) is 4.68 Å². The quantitative estimate of drug-likeness (QED) is 0.469. The van der Waals surface area contributed by atoms with Crippen molar-refractivity contribution in [3.63, 3.8) is 0 Å². The highest BCUT2D eigenvalue weighted by Crippen LogP contribution is 2.27. The first-order chi connectivity index (χ1) is 13.4. The fourth-order valence-corrected chi connectivity index (χ4v) is 3.34. The van der Waals surface area contributed by atoms with E-state index in [1.54, 1.807) is 6.20 Å². The standard InChI is InChI=1S/C22H21N5/c1-2-15-26(17-18-9-4-3-5-10-18)22(19-11-8-14-23-16-19)27-21-13-7-6-12-20(21)24-25-27/h2-14,16,22H,1,15,17H2. The first kappa shape index (κ1) is 17.1. The fraction of sp³-hybridized carbons (Fsp3) is 0.136. The zero-order valence-electron chi connectivity index (χ0n) is 15.0. The lowest BCUT2D eigenvalue weighted by molar-refractivity contribution is 0.171. The van der Waals surface area contributed by atoms with Crippen molar-refractivity contribution < 1.29 is 0 Å². The summed E-state index contributed by atoms with van der Waals surface area (Å²) >= 11 is 0. The predicted octanol–water partition coefficient (Wildman–Crippen LogP) is 4.06. The lowest BCUT2D eigenvalue weighted by Gasteiger charge is -2.31. The Balaban J connectivity index is 1.82. The molecule has 0 N–H and O–H groups in total. The van der Waals surface area contributed by atoms with Crippen LogP contribution in [-0.4, -0.2) is 31.4 Å². The zero-order valence-corrected chi connectivity index (χ0v) is 15.0. The van der Waals surface area contributed by atoms with Crippen molar-refractivity contribution in [2.24, 2.45) is 0 Å². The molecular weight excluding hydrogens is 334 g/mol. The smallest absolute Gasteiger partial charge is 0.134 e. The van der Waals surface area contributed by atoms with E-state index in [2.05, 4.69) is 57.1 Å². The van der Waals surface area contributed by atoms with Crippen LogP contribution < -0.4 is 0 Å². The third kappa shape index (κ3) is 3.64. The van der Waals surface area contributed by atoms with Crippen LogP contribution in [0.3, 0.4) is 0 Å². The molecule has 0 saturated heterocycles. The summed E-state index contributed by atoms with van der Waals surface area (Å²) < 4.78 is 1.97. The highest BCUT2D eigenvalue weighted by atomic mass is 15.5. The Kier molecular flexibility index (Phi) is 5.03. The average Bonchev–Trinajstić information content (AvgIpc) is 3.14. The molecule has 5 heteroatoms. The van der Waals surface area contributed by atoms with Gasteiger partial charge in [-0.3, -0.25) is 9.88 Å². The monoisotopic (exact) mass is 355 g/mol. The van der Waals surface area contributed by atoms with Crippen molar-refractivity contribution in [1.29, 1.82) is 0 Å². The number of para-hydroxylation sites is 1. The summed E-state index contributed by atoms with van der Waals surface area (Å²) in [5.41, 5.74) is 4.17. The van der Waals surface area contributed by atoms with Gasteiger partial charge in [-0.05, 0) is 23.8 Å². The van der Waals surface area contributed by atoms with Crippen molar-refractivity contribution in [2.75, 3.05) is 6.54 Å². The number of pyridine rings is 1. The molecule has 27 heavy (non-hydrogen) atoms. The second-order valence-corrected chi connectivity index (χ2v) is 6.39. The van der Waals surface area contributed by atoms with E-state index in [1.165, 1.54) is 5.56 Å². The molecule has 0 aliphatic carbocycles. The van der Waals surface area contributed by atoms with Crippen LogP contribution >= 0.6 is 0 Å². The first-order valence-electron chi connectivity index (χ1n) is 8.95. The van der Waals surface area contributed by atoms with E-state index >= 15 is 0 Å². The number of rotatable bonds is 7. The Labute approximate surface area is 158 Å². The average molecular weight is 355 g/mol. The molecule has 0 radical (unpaired) electrons. The molecule has 2 aromatic heterocycles. The van der Waals surface area contributed by atoms with Crippen LogP contribution in [0.5, 0.6) is 0 Å². The van der Waals surface area contributed by atoms with E-state index < -0.39 is 0 Å². The molecule has 2 heterocycles. The van der Waals surface area contributed by atoms with Gasteiger partial charge >= 0.3 is 0 Å². The second kappa shape index (κ2) is 7.93. The molecule has 2 aromatic carbocycles. The first-order valence-corrected chi connectivity index (χ1v) is 8.95. The fourth-order valence-electron chi connectivity index (χ4n) is 3.34. The Hall–Kier alpha value is -3.31. The minimum Gasteiger partial charge on any atom is -0.270 e. The van der Waals surface area contributed by atoms with Crippen molar-refractivity contribution in [3.8, 4) is 0 Å². The van der Waals surface area contributed by atoms with E-state index in [9.17, 15) is 0 Å². The van der Waals surface area contributed by atoms with Gasteiger partial charge in [0, 0.05) is 31.0 Å². The van der Waals surface area contributed by atoms with E-state index in [1.807, 2.05) is 53.4 Å². The molecule has 0 aliphatic rings. The molecule has 1 atom stereocenters. The van der Waals surface area contributed by atoms with Crippen LogP contribution in [0, 0.1) is 0 Å². The van der Waals surface area contributed by atoms with Crippen LogP contribution in [-0.2, 0) is 6.54 Å². The lowest BCUT2D eigenvalue weighted by atomic mass is 10.1. The molecule has 134 valence electrons. The maximum atomic E-state index is 4.48. The second-order valence-electron chi connectivity index (χ2n) is 6.39. The third-order valence-electron chi connectivity index (χ3n) is 4.53. The molecule has 1 unspecified atom stereocenters. The Morgan fingerprint density at radius 3 is 2.59 bits per heavy atom. The summed E-state index contributed by atoms with van der Waals surface area (Å²) in [7, 11) is 0. The normalized spacial score (nSPS) is 12.3. The summed E-state index contributed by atoms with van der Waals surface area (Å²) in [5, 5.41) is 8.83. The van der Waals surface area contributed by atoms with Gasteiger partial charge < -0.3 is 0 Å². The van der Waals surface area contributed by atoms with Crippen molar-refractivity contribution >= 4 is 11.0 Å². The molecule has 5 nitrogen and oxygen atoms in total. The summed E-state index contributed by atoms with van der Waals surface area (Å²) in [6.45, 7) is 5.43. The molecule has 0 amide bonds. The van der Waals surface area contributed by atoms with Crippen molar-refractivity contribution in [1.82, 2.24) is 24.9 Å². The van der Waals surface area contributed by atoms with Crippen LogP contribution in [0.1, 0.15) is 17.3 Å².